The van der Waals surface area contributed by atoms with E-state index >= 15 is 0 Å². The lowest BCUT2D eigenvalue weighted by atomic mass is 10.1. The minimum absolute atomic E-state index is 0.0826. The van der Waals surface area contributed by atoms with Crippen molar-refractivity contribution < 1.29 is 4.79 Å². The third-order valence-corrected chi connectivity index (χ3v) is 5.06. The highest BCUT2D eigenvalue weighted by Gasteiger charge is 2.11. The van der Waals surface area contributed by atoms with E-state index in [0.29, 0.717) is 11.6 Å². The monoisotopic (exact) mass is 340 g/mol. The van der Waals surface area contributed by atoms with E-state index in [4.69, 9.17) is 0 Å². The number of hydrogen-bond acceptors (Lipinski definition) is 5. The number of para-hydroxylation sites is 1. The molecular weight excluding hydrogens is 324 g/mol. The molecule has 2 aromatic carbocycles. The second kappa shape index (κ2) is 7.06. The van der Waals surface area contributed by atoms with Crippen LogP contribution in [0, 0.1) is 6.92 Å². The van der Waals surface area contributed by atoms with Crippen molar-refractivity contribution in [1.82, 2.24) is 4.98 Å². The van der Waals surface area contributed by atoms with Crippen LogP contribution in [0.4, 0.5) is 5.13 Å². The molecule has 0 fully saturated rings. The number of benzene rings is 2. The molecule has 0 amide bonds. The summed E-state index contributed by atoms with van der Waals surface area (Å²) in [5, 5.41) is 1.49. The molecule has 0 aliphatic carbocycles. The predicted molar refractivity (Wildman–Crippen MR) is 100 cm³/mol. The number of aryl methyl sites for hydroxylation is 1. The largest absolute Gasteiger partial charge is 0.294 e. The van der Waals surface area contributed by atoms with Crippen LogP contribution >= 0.6 is 23.1 Å². The minimum Gasteiger partial charge on any atom is -0.294 e. The van der Waals surface area contributed by atoms with Crippen LogP contribution in [0.5, 0.6) is 0 Å². The number of rotatable bonds is 4. The number of thiazole rings is 1. The Morgan fingerprint density at radius 1 is 1.17 bits per heavy atom. The number of carbonyl (C=O) groups is 1. The molecule has 0 bridgehead atoms. The number of carbonyl (C=O) groups excluding carboxylic acids is 1. The van der Waals surface area contributed by atoms with Gasteiger partial charge in [0, 0.05) is 5.56 Å². The Morgan fingerprint density at radius 3 is 2.61 bits per heavy atom. The standard InChI is InChI=1S/C18H16N2OS2/c1-12-7-9-13(10-8-12)15(21)11-17(22-2)20-18-19-14-5-3-4-6-16(14)23-18/h3-10H,11H2,1-2H3/b20-17-. The molecule has 0 saturated carbocycles. The quantitative estimate of drug-likeness (QED) is 0.369. The zero-order valence-electron chi connectivity index (χ0n) is 12.9. The van der Waals surface area contributed by atoms with E-state index in [0.717, 1.165) is 26.4 Å². The summed E-state index contributed by atoms with van der Waals surface area (Å²) < 4.78 is 1.11. The van der Waals surface area contributed by atoms with Crippen molar-refractivity contribution in [3.63, 3.8) is 0 Å². The molecule has 3 nitrogen and oxygen atoms in total. The van der Waals surface area contributed by atoms with Gasteiger partial charge >= 0.3 is 0 Å². The lowest BCUT2D eigenvalue weighted by Gasteiger charge is -2.03. The van der Waals surface area contributed by atoms with E-state index in [2.05, 4.69) is 9.98 Å². The van der Waals surface area contributed by atoms with Gasteiger partial charge in [0.05, 0.1) is 21.7 Å². The molecule has 1 aromatic heterocycles. The van der Waals surface area contributed by atoms with Crippen molar-refractivity contribution in [1.29, 1.82) is 0 Å². The first-order valence-electron chi connectivity index (χ1n) is 7.22. The lowest BCUT2D eigenvalue weighted by molar-refractivity contribution is 0.100. The number of aromatic nitrogens is 1. The number of ketones is 1. The molecule has 0 aliphatic rings. The van der Waals surface area contributed by atoms with Crippen LogP contribution in [0.25, 0.3) is 10.2 Å². The molecule has 0 unspecified atom stereocenters. The number of fused-ring (bicyclic) bond motifs is 1. The van der Waals surface area contributed by atoms with Gasteiger partial charge in [-0.25, -0.2) is 9.98 Å². The van der Waals surface area contributed by atoms with Crippen LogP contribution in [-0.2, 0) is 0 Å². The number of aliphatic imine (C=N–C) groups is 1. The van der Waals surface area contributed by atoms with Gasteiger partial charge < -0.3 is 0 Å². The highest BCUT2D eigenvalue weighted by atomic mass is 32.2. The summed E-state index contributed by atoms with van der Waals surface area (Å²) in [7, 11) is 0. The maximum Gasteiger partial charge on any atom is 0.210 e. The number of thioether (sulfide) groups is 1. The summed E-state index contributed by atoms with van der Waals surface area (Å²) in [4.78, 5) is 21.4. The third-order valence-electron chi connectivity index (χ3n) is 3.42. The summed E-state index contributed by atoms with van der Waals surface area (Å²) in [5.41, 5.74) is 2.82. The zero-order valence-corrected chi connectivity index (χ0v) is 14.6. The lowest BCUT2D eigenvalue weighted by Crippen LogP contribution is -2.05. The van der Waals surface area contributed by atoms with Crippen LogP contribution in [0.15, 0.2) is 53.5 Å². The van der Waals surface area contributed by atoms with E-state index in [9.17, 15) is 4.79 Å². The summed E-state index contributed by atoms with van der Waals surface area (Å²) in [6.07, 6.45) is 2.24. The van der Waals surface area contributed by atoms with Crippen LogP contribution in [-0.4, -0.2) is 22.1 Å². The molecule has 0 aliphatic heterocycles. The Kier molecular flexibility index (Phi) is 4.88. The molecule has 0 spiro atoms. The zero-order chi connectivity index (χ0) is 16.2. The maximum atomic E-state index is 12.4. The molecule has 0 atom stereocenters. The number of nitrogens with zero attached hydrogens (tertiary/aromatic N) is 2. The highest BCUT2D eigenvalue weighted by molar-refractivity contribution is 8.13. The first kappa shape index (κ1) is 15.9. The molecule has 116 valence electrons. The van der Waals surface area contributed by atoms with Gasteiger partial charge in [-0.1, -0.05) is 53.3 Å². The maximum absolute atomic E-state index is 12.4. The van der Waals surface area contributed by atoms with Gasteiger partial charge in [0.2, 0.25) is 5.13 Å². The molecule has 0 N–H and O–H groups in total. The fourth-order valence-electron chi connectivity index (χ4n) is 2.15. The van der Waals surface area contributed by atoms with Crippen molar-refractivity contribution in [2.24, 2.45) is 4.99 Å². The van der Waals surface area contributed by atoms with Gasteiger partial charge in [-0.2, -0.15) is 0 Å². The average Bonchev–Trinajstić information content (AvgIpc) is 2.97. The van der Waals surface area contributed by atoms with Crippen LogP contribution in [0.3, 0.4) is 0 Å². The Balaban J connectivity index is 1.81. The molecule has 5 heteroatoms. The summed E-state index contributed by atoms with van der Waals surface area (Å²) in [6, 6.07) is 15.6. The Bertz CT molecular complexity index is 833. The molecular formula is C18H16N2OS2. The fourth-order valence-corrected chi connectivity index (χ4v) is 3.52. The normalized spacial score (nSPS) is 11.8. The van der Waals surface area contributed by atoms with Gasteiger partial charge in [0.1, 0.15) is 0 Å². The van der Waals surface area contributed by atoms with Gasteiger partial charge in [-0.3, -0.25) is 4.79 Å². The number of Topliss-reactive ketones (excluding diaryl/α,β-unsaturated/α-hetero) is 1. The van der Waals surface area contributed by atoms with Gasteiger partial charge in [0.15, 0.2) is 5.78 Å². The molecule has 1 heterocycles. The molecule has 23 heavy (non-hydrogen) atoms. The van der Waals surface area contributed by atoms with E-state index in [-0.39, 0.29) is 5.78 Å². The van der Waals surface area contributed by atoms with E-state index < -0.39 is 0 Å². The fraction of sp³-hybridized carbons (Fsp3) is 0.167. The van der Waals surface area contributed by atoms with Gasteiger partial charge in [0.25, 0.3) is 0 Å². The third kappa shape index (κ3) is 3.86. The van der Waals surface area contributed by atoms with E-state index in [1.54, 1.807) is 11.3 Å². The van der Waals surface area contributed by atoms with Crippen molar-refractivity contribution in [3.05, 3.63) is 59.7 Å². The van der Waals surface area contributed by atoms with Crippen molar-refractivity contribution >= 4 is 49.3 Å². The highest BCUT2D eigenvalue weighted by Crippen LogP contribution is 2.29. The first-order valence-corrected chi connectivity index (χ1v) is 9.27. The molecule has 0 radical (unpaired) electrons. The van der Waals surface area contributed by atoms with E-state index in [1.165, 1.54) is 11.8 Å². The topological polar surface area (TPSA) is 42.3 Å². The van der Waals surface area contributed by atoms with Crippen molar-refractivity contribution in [3.8, 4) is 0 Å². The summed E-state index contributed by atoms with van der Waals surface area (Å²) in [5.74, 6) is 0.0826. The molecule has 0 saturated heterocycles. The van der Waals surface area contributed by atoms with E-state index in [1.807, 2.05) is 61.7 Å². The van der Waals surface area contributed by atoms with Gasteiger partial charge in [-0.15, -0.1) is 11.8 Å². The van der Waals surface area contributed by atoms with Crippen LogP contribution < -0.4 is 0 Å². The SMILES string of the molecule is CS/C(CC(=O)c1ccc(C)cc1)=N\c1nc2ccccc2s1. The Morgan fingerprint density at radius 2 is 1.91 bits per heavy atom. The predicted octanol–water partition coefficient (Wildman–Crippen LogP) is 5.27. The Labute approximate surface area is 143 Å². The average molecular weight is 340 g/mol. The first-order chi connectivity index (χ1) is 11.2. The number of hydrogen-bond donors (Lipinski definition) is 0. The summed E-state index contributed by atoms with van der Waals surface area (Å²) >= 11 is 3.04. The van der Waals surface area contributed by atoms with Crippen molar-refractivity contribution in [2.75, 3.05) is 6.26 Å². The van der Waals surface area contributed by atoms with Crippen molar-refractivity contribution in [2.45, 2.75) is 13.3 Å². The second-order valence-corrected chi connectivity index (χ2v) is 7.03. The summed E-state index contributed by atoms with van der Waals surface area (Å²) in [6.45, 7) is 2.01. The van der Waals surface area contributed by atoms with Gasteiger partial charge in [-0.05, 0) is 25.3 Å². The minimum atomic E-state index is 0.0826. The Hall–Kier alpha value is -1.98. The second-order valence-electron chi connectivity index (χ2n) is 5.14. The molecule has 3 aromatic rings. The molecule has 3 rings (SSSR count). The van der Waals surface area contributed by atoms with Crippen LogP contribution in [0.2, 0.25) is 0 Å². The van der Waals surface area contributed by atoms with Crippen LogP contribution in [0.1, 0.15) is 22.3 Å². The smallest absolute Gasteiger partial charge is 0.210 e.